The van der Waals surface area contributed by atoms with E-state index in [0.717, 1.165) is 17.0 Å². The molecule has 2 aromatic rings. The summed E-state index contributed by atoms with van der Waals surface area (Å²) in [6.45, 7) is 20.3. The van der Waals surface area contributed by atoms with Crippen molar-refractivity contribution in [2.45, 2.75) is 78.6 Å². The lowest BCUT2D eigenvalue weighted by molar-refractivity contribution is -0.671. The second kappa shape index (κ2) is 6.19. The second-order valence-electron chi connectivity index (χ2n) is 10.1. The van der Waals surface area contributed by atoms with E-state index >= 15 is 0 Å². The maximum Gasteiger partial charge on any atom is 0.169 e. The van der Waals surface area contributed by atoms with Crippen molar-refractivity contribution < 1.29 is 4.57 Å². The van der Waals surface area contributed by atoms with Gasteiger partial charge in [-0.25, -0.2) is 4.57 Å². The molecule has 0 saturated heterocycles. The molecule has 0 amide bonds. The Kier molecular flexibility index (Phi) is 4.84. The van der Waals surface area contributed by atoms with Crippen molar-refractivity contribution in [1.82, 2.24) is 10.2 Å². The van der Waals surface area contributed by atoms with Gasteiger partial charge in [0.1, 0.15) is 7.05 Å². The third-order valence-corrected chi connectivity index (χ3v) is 4.44. The van der Waals surface area contributed by atoms with Crippen LogP contribution in [0.25, 0.3) is 11.3 Å². The molecule has 0 radical (unpaired) electrons. The molecule has 3 heteroatoms. The van der Waals surface area contributed by atoms with Gasteiger partial charge in [-0.1, -0.05) is 62.3 Å². The summed E-state index contributed by atoms with van der Waals surface area (Å²) in [4.78, 5) is 0. The summed E-state index contributed by atoms with van der Waals surface area (Å²) in [5.74, 6) is 0. The van der Waals surface area contributed by atoms with Crippen LogP contribution in [0.15, 0.2) is 24.5 Å². The van der Waals surface area contributed by atoms with Crippen molar-refractivity contribution in [3.05, 3.63) is 41.3 Å². The van der Waals surface area contributed by atoms with Crippen molar-refractivity contribution in [1.29, 1.82) is 0 Å². The Hall–Kier alpha value is -1.77. The summed E-state index contributed by atoms with van der Waals surface area (Å²) in [6, 6.07) is 4.25. The van der Waals surface area contributed by atoms with Crippen molar-refractivity contribution in [2.75, 3.05) is 0 Å². The van der Waals surface area contributed by atoms with Gasteiger partial charge in [0, 0.05) is 23.1 Å². The van der Waals surface area contributed by atoms with Crippen LogP contribution >= 0.6 is 0 Å². The molecule has 2 heterocycles. The number of aromatic nitrogens is 3. The van der Waals surface area contributed by atoms with Gasteiger partial charge in [0.2, 0.25) is 0 Å². The molecule has 136 valence electrons. The molecular formula is C22H34N3+. The number of nitrogens with zero attached hydrogens (tertiary/aromatic N) is 3. The van der Waals surface area contributed by atoms with Crippen LogP contribution in [0.3, 0.4) is 0 Å². The third-order valence-electron chi connectivity index (χ3n) is 4.44. The van der Waals surface area contributed by atoms with Gasteiger partial charge in [-0.2, -0.15) is 5.10 Å². The lowest BCUT2D eigenvalue weighted by atomic mass is 9.70. The molecule has 25 heavy (non-hydrogen) atoms. The van der Waals surface area contributed by atoms with E-state index in [-0.39, 0.29) is 16.2 Å². The van der Waals surface area contributed by atoms with E-state index in [2.05, 4.69) is 86.8 Å². The Morgan fingerprint density at radius 2 is 1.16 bits per heavy atom. The van der Waals surface area contributed by atoms with E-state index in [1.807, 2.05) is 11.6 Å². The first-order chi connectivity index (χ1) is 11.2. The van der Waals surface area contributed by atoms with Crippen LogP contribution in [0.1, 0.15) is 79.1 Å². The zero-order chi connectivity index (χ0) is 19.2. The van der Waals surface area contributed by atoms with Gasteiger partial charge < -0.3 is 0 Å². The van der Waals surface area contributed by atoms with E-state index in [1.165, 1.54) is 11.1 Å². The van der Waals surface area contributed by atoms with E-state index in [9.17, 15) is 0 Å². The lowest BCUT2D eigenvalue weighted by Crippen LogP contribution is -2.31. The molecule has 0 aliphatic carbocycles. The van der Waals surface area contributed by atoms with Crippen LogP contribution in [0.5, 0.6) is 0 Å². The van der Waals surface area contributed by atoms with E-state index in [1.54, 1.807) is 0 Å². The summed E-state index contributed by atoms with van der Waals surface area (Å²) in [5.41, 5.74) is 5.82. The highest BCUT2D eigenvalue weighted by atomic mass is 15.1. The van der Waals surface area contributed by atoms with Gasteiger partial charge in [-0.05, 0) is 22.0 Å². The monoisotopic (exact) mass is 340 g/mol. The molecule has 0 fully saturated rings. The molecule has 0 N–H and O–H groups in total. The van der Waals surface area contributed by atoms with Gasteiger partial charge >= 0.3 is 0 Å². The number of pyridine rings is 1. The first-order valence-corrected chi connectivity index (χ1v) is 9.10. The largest absolute Gasteiger partial charge is 0.208 e. The summed E-state index contributed by atoms with van der Waals surface area (Å²) >= 11 is 0. The SMILES string of the molecule is C[n+]1ccc(-c2nnc(C(C)(C)C)c(C(C)(C)C)c2C(C)(C)C)cc1. The topological polar surface area (TPSA) is 29.7 Å². The molecule has 0 unspecified atom stereocenters. The highest BCUT2D eigenvalue weighted by Gasteiger charge is 2.35. The molecule has 0 atom stereocenters. The fourth-order valence-corrected chi connectivity index (χ4v) is 3.28. The van der Waals surface area contributed by atoms with Crippen molar-refractivity contribution in [2.24, 2.45) is 7.05 Å². The molecule has 0 saturated carbocycles. The Morgan fingerprint density at radius 3 is 1.56 bits per heavy atom. The van der Waals surface area contributed by atoms with Gasteiger partial charge in [-0.3, -0.25) is 0 Å². The Bertz CT molecular complexity index is 752. The standard InChI is InChI=1S/C22H34N3/c1-20(2,3)16-17(21(4,5)6)19(22(7,8)9)24-23-18(16)15-11-13-25(10)14-12-15/h11-14H,1-10H3/q+1. The Balaban J connectivity index is 2.94. The van der Waals surface area contributed by atoms with Crippen molar-refractivity contribution in [3.8, 4) is 11.3 Å². The van der Waals surface area contributed by atoms with Gasteiger partial charge in [-0.15, -0.1) is 5.10 Å². The number of aryl methyl sites for hydroxylation is 1. The molecular weight excluding hydrogens is 306 g/mol. The maximum atomic E-state index is 4.73. The first kappa shape index (κ1) is 19.6. The van der Waals surface area contributed by atoms with Crippen LogP contribution in [0.4, 0.5) is 0 Å². The number of rotatable bonds is 1. The highest BCUT2D eigenvalue weighted by Crippen LogP contribution is 2.42. The van der Waals surface area contributed by atoms with Crippen LogP contribution in [0.2, 0.25) is 0 Å². The first-order valence-electron chi connectivity index (χ1n) is 9.10. The molecule has 2 aromatic heterocycles. The fourth-order valence-electron chi connectivity index (χ4n) is 3.28. The number of hydrogen-bond acceptors (Lipinski definition) is 2. The zero-order valence-corrected chi connectivity index (χ0v) is 17.7. The van der Waals surface area contributed by atoms with E-state index in [4.69, 9.17) is 10.2 Å². The van der Waals surface area contributed by atoms with Gasteiger partial charge in [0.15, 0.2) is 12.4 Å². The molecule has 0 aliphatic heterocycles. The van der Waals surface area contributed by atoms with Gasteiger partial charge in [0.05, 0.1) is 11.4 Å². The van der Waals surface area contributed by atoms with Crippen LogP contribution < -0.4 is 4.57 Å². The summed E-state index contributed by atoms with van der Waals surface area (Å²) in [7, 11) is 2.03. The highest BCUT2D eigenvalue weighted by molar-refractivity contribution is 5.66. The summed E-state index contributed by atoms with van der Waals surface area (Å²) in [5, 5.41) is 9.46. The molecule has 2 rings (SSSR count). The minimum atomic E-state index is -0.0444. The average Bonchev–Trinajstić information content (AvgIpc) is 2.43. The molecule has 0 bridgehead atoms. The molecule has 3 nitrogen and oxygen atoms in total. The maximum absolute atomic E-state index is 4.73. The summed E-state index contributed by atoms with van der Waals surface area (Å²) < 4.78 is 2.04. The number of hydrogen-bond donors (Lipinski definition) is 0. The van der Waals surface area contributed by atoms with Crippen molar-refractivity contribution in [3.63, 3.8) is 0 Å². The molecule has 0 spiro atoms. The normalized spacial score (nSPS) is 13.2. The predicted octanol–water partition coefficient (Wildman–Crippen LogP) is 4.86. The Morgan fingerprint density at radius 1 is 0.680 bits per heavy atom. The Labute approximate surface area is 153 Å². The quantitative estimate of drug-likeness (QED) is 0.694. The van der Waals surface area contributed by atoms with E-state index < -0.39 is 0 Å². The molecule has 0 aromatic carbocycles. The summed E-state index contributed by atoms with van der Waals surface area (Å²) in [6.07, 6.45) is 4.13. The zero-order valence-electron chi connectivity index (χ0n) is 17.7. The minimum Gasteiger partial charge on any atom is -0.208 e. The minimum absolute atomic E-state index is 0.00460. The van der Waals surface area contributed by atoms with Crippen LogP contribution in [-0.4, -0.2) is 10.2 Å². The van der Waals surface area contributed by atoms with Gasteiger partial charge in [0.25, 0.3) is 0 Å². The van der Waals surface area contributed by atoms with Crippen molar-refractivity contribution >= 4 is 0 Å². The van der Waals surface area contributed by atoms with E-state index in [0.29, 0.717) is 0 Å². The van der Waals surface area contributed by atoms with Crippen LogP contribution in [-0.2, 0) is 23.3 Å². The third kappa shape index (κ3) is 4.08. The fraction of sp³-hybridized carbons (Fsp3) is 0.591. The molecule has 0 aliphatic rings. The average molecular weight is 341 g/mol. The smallest absolute Gasteiger partial charge is 0.169 e. The lowest BCUT2D eigenvalue weighted by Gasteiger charge is -2.36. The van der Waals surface area contributed by atoms with Crippen LogP contribution in [0, 0.1) is 0 Å². The second-order valence-corrected chi connectivity index (χ2v) is 10.1. The predicted molar refractivity (Wildman–Crippen MR) is 105 cm³/mol.